The minimum Gasteiger partial charge on any atom is -0.381 e. The average molecular weight is 316 g/mol. The van der Waals surface area contributed by atoms with Crippen LogP contribution >= 0.6 is 0 Å². The molecule has 0 saturated heterocycles. The number of guanidine groups is 1. The van der Waals surface area contributed by atoms with Gasteiger partial charge in [0.15, 0.2) is 5.96 Å². The van der Waals surface area contributed by atoms with Gasteiger partial charge in [-0.15, -0.1) is 0 Å². The molecule has 0 heterocycles. The van der Waals surface area contributed by atoms with Gasteiger partial charge in [0.2, 0.25) is 0 Å². The van der Waals surface area contributed by atoms with Crippen molar-refractivity contribution in [2.75, 3.05) is 40.0 Å². The maximum absolute atomic E-state index is 5.56. The summed E-state index contributed by atoms with van der Waals surface area (Å²) in [6.45, 7) is 14.8. The number of rotatable bonds is 11. The lowest BCUT2D eigenvalue weighted by Gasteiger charge is -2.28. The van der Waals surface area contributed by atoms with Crippen LogP contribution in [0.2, 0.25) is 0 Å². The van der Waals surface area contributed by atoms with E-state index in [0.717, 1.165) is 45.1 Å². The maximum Gasteiger partial charge on any atom is 0.191 e. The van der Waals surface area contributed by atoms with E-state index in [9.17, 15) is 0 Å². The van der Waals surface area contributed by atoms with Gasteiger partial charge in [0.25, 0.3) is 0 Å². The van der Waals surface area contributed by atoms with Crippen LogP contribution in [-0.4, -0.2) is 52.0 Å². The van der Waals surface area contributed by atoms with E-state index in [1.54, 1.807) is 7.11 Å². The number of hydrogen-bond acceptors (Lipinski definition) is 3. The molecule has 0 aromatic carbocycles. The molecular formula is C17H37N3O2. The molecule has 22 heavy (non-hydrogen) atoms. The Morgan fingerprint density at radius 3 is 2.32 bits per heavy atom. The summed E-state index contributed by atoms with van der Waals surface area (Å²) in [7, 11) is 1.75. The molecule has 0 aromatic heterocycles. The minimum absolute atomic E-state index is 0.0860. The zero-order valence-corrected chi connectivity index (χ0v) is 15.5. The third kappa shape index (κ3) is 10.9. The van der Waals surface area contributed by atoms with Crippen LogP contribution in [0.5, 0.6) is 0 Å². The molecule has 0 aliphatic rings. The Hall–Kier alpha value is -0.810. The average Bonchev–Trinajstić information content (AvgIpc) is 2.45. The SMILES string of the molecule is CCCCOCCCNC(=NCC(OC)C(C)(C)C)NCC. The van der Waals surface area contributed by atoms with Crippen molar-refractivity contribution in [3.63, 3.8) is 0 Å². The lowest BCUT2D eigenvalue weighted by atomic mass is 9.89. The highest BCUT2D eigenvalue weighted by molar-refractivity contribution is 5.79. The second-order valence-corrected chi connectivity index (χ2v) is 6.56. The van der Waals surface area contributed by atoms with Crippen molar-refractivity contribution in [2.45, 2.75) is 60.0 Å². The van der Waals surface area contributed by atoms with Gasteiger partial charge in [0.05, 0.1) is 12.6 Å². The van der Waals surface area contributed by atoms with Crippen LogP contribution in [0.3, 0.4) is 0 Å². The fourth-order valence-electron chi connectivity index (χ4n) is 1.95. The third-order valence-electron chi connectivity index (χ3n) is 3.41. The second-order valence-electron chi connectivity index (χ2n) is 6.56. The molecule has 0 saturated carbocycles. The summed E-state index contributed by atoms with van der Waals surface area (Å²) in [6, 6.07) is 0. The van der Waals surface area contributed by atoms with Gasteiger partial charge < -0.3 is 20.1 Å². The van der Waals surface area contributed by atoms with Crippen molar-refractivity contribution in [1.29, 1.82) is 0 Å². The molecule has 1 atom stereocenters. The zero-order valence-electron chi connectivity index (χ0n) is 15.5. The number of methoxy groups -OCH3 is 1. The van der Waals surface area contributed by atoms with Crippen LogP contribution in [0.4, 0.5) is 0 Å². The van der Waals surface area contributed by atoms with Gasteiger partial charge in [-0.25, -0.2) is 0 Å². The molecule has 0 amide bonds. The minimum atomic E-state index is 0.0860. The van der Waals surface area contributed by atoms with E-state index in [0.29, 0.717) is 6.54 Å². The first-order valence-corrected chi connectivity index (χ1v) is 8.58. The molecule has 5 heteroatoms. The van der Waals surface area contributed by atoms with E-state index in [1.165, 1.54) is 6.42 Å². The van der Waals surface area contributed by atoms with Gasteiger partial charge in [-0.1, -0.05) is 34.1 Å². The number of nitrogens with one attached hydrogen (secondary N) is 2. The highest BCUT2D eigenvalue weighted by Gasteiger charge is 2.23. The third-order valence-corrected chi connectivity index (χ3v) is 3.41. The molecule has 5 nitrogen and oxygen atoms in total. The van der Waals surface area contributed by atoms with Crippen LogP contribution in [0.25, 0.3) is 0 Å². The standard InChI is InChI=1S/C17H37N3O2/c1-7-9-12-22-13-10-11-19-16(18-8-2)20-14-15(21-6)17(3,4)5/h15H,7-14H2,1-6H3,(H2,18,19,20). The molecule has 0 aliphatic carbocycles. The van der Waals surface area contributed by atoms with E-state index in [-0.39, 0.29) is 11.5 Å². The van der Waals surface area contributed by atoms with Gasteiger partial charge in [0, 0.05) is 33.4 Å². The topological polar surface area (TPSA) is 54.9 Å². The lowest BCUT2D eigenvalue weighted by molar-refractivity contribution is 0.0241. The molecule has 0 spiro atoms. The van der Waals surface area contributed by atoms with E-state index >= 15 is 0 Å². The molecule has 0 radical (unpaired) electrons. The maximum atomic E-state index is 5.56. The van der Waals surface area contributed by atoms with Gasteiger partial charge in [-0.3, -0.25) is 4.99 Å². The molecule has 1 unspecified atom stereocenters. The van der Waals surface area contributed by atoms with E-state index < -0.39 is 0 Å². The Morgan fingerprint density at radius 1 is 1.09 bits per heavy atom. The van der Waals surface area contributed by atoms with Crippen molar-refractivity contribution in [3.05, 3.63) is 0 Å². The van der Waals surface area contributed by atoms with Crippen molar-refractivity contribution in [2.24, 2.45) is 10.4 Å². The Labute approximate surface area is 137 Å². The van der Waals surface area contributed by atoms with E-state index in [2.05, 4.69) is 50.2 Å². The van der Waals surface area contributed by atoms with Crippen LogP contribution < -0.4 is 10.6 Å². The van der Waals surface area contributed by atoms with Crippen molar-refractivity contribution >= 4 is 5.96 Å². The van der Waals surface area contributed by atoms with Crippen LogP contribution in [-0.2, 0) is 9.47 Å². The number of ether oxygens (including phenoxy) is 2. The van der Waals surface area contributed by atoms with Crippen LogP contribution in [0, 0.1) is 5.41 Å². The highest BCUT2D eigenvalue weighted by atomic mass is 16.5. The summed E-state index contributed by atoms with van der Waals surface area (Å²) < 4.78 is 11.1. The summed E-state index contributed by atoms with van der Waals surface area (Å²) >= 11 is 0. The van der Waals surface area contributed by atoms with E-state index in [4.69, 9.17) is 9.47 Å². The van der Waals surface area contributed by atoms with Crippen molar-refractivity contribution in [3.8, 4) is 0 Å². The fraction of sp³-hybridized carbons (Fsp3) is 0.941. The van der Waals surface area contributed by atoms with E-state index in [1.807, 2.05) is 0 Å². The predicted octanol–water partition coefficient (Wildman–Crippen LogP) is 2.81. The molecule has 132 valence electrons. The molecular weight excluding hydrogens is 278 g/mol. The molecule has 2 N–H and O–H groups in total. The van der Waals surface area contributed by atoms with Crippen LogP contribution in [0.1, 0.15) is 53.9 Å². The summed E-state index contributed by atoms with van der Waals surface area (Å²) in [4.78, 5) is 4.63. The zero-order chi connectivity index (χ0) is 16.8. The van der Waals surface area contributed by atoms with Gasteiger partial charge >= 0.3 is 0 Å². The summed E-state index contributed by atoms with van der Waals surface area (Å²) in [6.07, 6.45) is 3.42. The Balaban J connectivity index is 4.10. The Kier molecular flexibility index (Phi) is 12.2. The van der Waals surface area contributed by atoms with Gasteiger partial charge in [-0.2, -0.15) is 0 Å². The number of unbranched alkanes of at least 4 members (excludes halogenated alkanes) is 1. The quantitative estimate of drug-likeness (QED) is 0.350. The first-order valence-electron chi connectivity index (χ1n) is 8.58. The number of hydrogen-bond donors (Lipinski definition) is 2. The monoisotopic (exact) mass is 315 g/mol. The molecule has 0 bridgehead atoms. The predicted molar refractivity (Wildman–Crippen MR) is 94.6 cm³/mol. The Morgan fingerprint density at radius 2 is 1.77 bits per heavy atom. The van der Waals surface area contributed by atoms with Gasteiger partial charge in [-0.05, 0) is 25.2 Å². The van der Waals surface area contributed by atoms with Crippen molar-refractivity contribution < 1.29 is 9.47 Å². The first-order chi connectivity index (χ1) is 10.5. The largest absolute Gasteiger partial charge is 0.381 e. The lowest BCUT2D eigenvalue weighted by Crippen LogP contribution is -2.40. The smallest absolute Gasteiger partial charge is 0.191 e. The first kappa shape index (κ1) is 21.2. The molecule has 0 aliphatic heterocycles. The second kappa shape index (κ2) is 12.7. The van der Waals surface area contributed by atoms with Crippen molar-refractivity contribution in [1.82, 2.24) is 10.6 Å². The normalized spacial score (nSPS) is 14.0. The summed E-state index contributed by atoms with van der Waals surface area (Å²) in [5.74, 6) is 0.849. The number of aliphatic imine (C=N–C) groups is 1. The highest BCUT2D eigenvalue weighted by Crippen LogP contribution is 2.21. The summed E-state index contributed by atoms with van der Waals surface area (Å²) in [5.41, 5.74) is 0.0860. The summed E-state index contributed by atoms with van der Waals surface area (Å²) in [5, 5.41) is 6.61. The van der Waals surface area contributed by atoms with Crippen LogP contribution in [0.15, 0.2) is 4.99 Å². The molecule has 0 rings (SSSR count). The number of nitrogens with zero attached hydrogens (tertiary/aromatic N) is 1. The molecule has 0 fully saturated rings. The molecule has 0 aromatic rings. The fourth-order valence-corrected chi connectivity index (χ4v) is 1.95. The Bertz CT molecular complexity index is 288. The van der Waals surface area contributed by atoms with Gasteiger partial charge in [0.1, 0.15) is 0 Å².